The maximum absolute atomic E-state index is 9.62. The molecular weight excluding hydrogens is 280 g/mol. The van der Waals surface area contributed by atoms with E-state index in [1.807, 2.05) is 42.5 Å². The van der Waals surface area contributed by atoms with Crippen molar-refractivity contribution in [2.45, 2.75) is 26.1 Å². The normalized spacial score (nSPS) is 11.8. The Kier molecular flexibility index (Phi) is 5.67. The maximum atomic E-state index is 9.62. The van der Waals surface area contributed by atoms with E-state index < -0.39 is 6.10 Å². The van der Waals surface area contributed by atoms with E-state index in [0.717, 1.165) is 11.1 Å². The average Bonchev–Trinajstić information content (AvgIpc) is 2.54. The first-order valence-corrected chi connectivity index (χ1v) is 7.23. The van der Waals surface area contributed by atoms with Gasteiger partial charge in [0.15, 0.2) is 0 Å². The zero-order valence-corrected chi connectivity index (χ0v) is 13.2. The van der Waals surface area contributed by atoms with Gasteiger partial charge in [-0.05, 0) is 12.5 Å². The van der Waals surface area contributed by atoms with Gasteiger partial charge < -0.3 is 19.3 Å². The molecule has 0 fully saturated rings. The summed E-state index contributed by atoms with van der Waals surface area (Å²) in [5.41, 5.74) is 1.93. The third-order valence-corrected chi connectivity index (χ3v) is 3.33. The van der Waals surface area contributed by atoms with E-state index in [9.17, 15) is 5.11 Å². The van der Waals surface area contributed by atoms with Gasteiger partial charge in [-0.25, -0.2) is 0 Å². The molecule has 0 aromatic heterocycles. The van der Waals surface area contributed by atoms with Gasteiger partial charge in [0, 0.05) is 24.1 Å². The van der Waals surface area contributed by atoms with Gasteiger partial charge in [-0.2, -0.15) is 0 Å². The highest BCUT2D eigenvalue weighted by Crippen LogP contribution is 2.35. The number of methoxy groups -OCH3 is 2. The summed E-state index contributed by atoms with van der Waals surface area (Å²) in [6, 6.07) is 13.6. The quantitative estimate of drug-likeness (QED) is 0.853. The highest BCUT2D eigenvalue weighted by atomic mass is 16.5. The molecule has 22 heavy (non-hydrogen) atoms. The Labute approximate surface area is 131 Å². The molecule has 0 aliphatic heterocycles. The van der Waals surface area contributed by atoms with E-state index in [0.29, 0.717) is 30.3 Å². The van der Waals surface area contributed by atoms with E-state index in [1.54, 1.807) is 21.1 Å². The molecular formula is C18H22O4. The first kappa shape index (κ1) is 16.2. The molecule has 2 aromatic carbocycles. The lowest BCUT2D eigenvalue weighted by molar-refractivity contribution is 0.192. The molecule has 2 rings (SSSR count). The molecule has 1 unspecified atom stereocenters. The van der Waals surface area contributed by atoms with Gasteiger partial charge >= 0.3 is 0 Å². The molecule has 0 aliphatic carbocycles. The number of hydrogen-bond donors (Lipinski definition) is 1. The number of rotatable bonds is 7. The topological polar surface area (TPSA) is 47.9 Å². The molecule has 4 nitrogen and oxygen atoms in total. The number of ether oxygens (including phenoxy) is 3. The van der Waals surface area contributed by atoms with Gasteiger partial charge in [0.25, 0.3) is 0 Å². The van der Waals surface area contributed by atoms with Crippen LogP contribution in [0.2, 0.25) is 0 Å². The minimum Gasteiger partial charge on any atom is -0.496 e. The Morgan fingerprint density at radius 2 is 1.59 bits per heavy atom. The number of benzene rings is 2. The summed E-state index contributed by atoms with van der Waals surface area (Å²) in [7, 11) is 3.20. The van der Waals surface area contributed by atoms with Crippen LogP contribution in [-0.4, -0.2) is 25.4 Å². The second-order valence-corrected chi connectivity index (χ2v) is 5.13. The molecule has 0 saturated carbocycles. The Balaban J connectivity index is 2.21. The average molecular weight is 302 g/mol. The molecule has 0 saturated heterocycles. The Hall–Kier alpha value is -2.20. The lowest BCUT2D eigenvalue weighted by Gasteiger charge is -2.17. The summed E-state index contributed by atoms with van der Waals surface area (Å²) in [5.74, 6) is 1.98. The minimum absolute atomic E-state index is 0.464. The lowest BCUT2D eigenvalue weighted by atomic mass is 10.1. The summed E-state index contributed by atoms with van der Waals surface area (Å²) in [4.78, 5) is 0. The maximum Gasteiger partial charge on any atom is 0.129 e. The van der Waals surface area contributed by atoms with Crippen molar-refractivity contribution in [1.82, 2.24) is 0 Å². The standard InChI is InChI=1S/C18H22O4/c1-13(19)9-16-17(20-2)10-15(11-18(16)21-3)22-12-14-7-5-4-6-8-14/h4-8,10-11,13,19H,9,12H2,1-3H3. The molecule has 0 amide bonds. The Morgan fingerprint density at radius 3 is 2.09 bits per heavy atom. The molecule has 1 N–H and O–H groups in total. The second kappa shape index (κ2) is 7.71. The Morgan fingerprint density at radius 1 is 1.00 bits per heavy atom. The molecule has 0 aliphatic rings. The van der Waals surface area contributed by atoms with Gasteiger partial charge in [-0.3, -0.25) is 0 Å². The molecule has 1 atom stereocenters. The third-order valence-electron chi connectivity index (χ3n) is 3.33. The highest BCUT2D eigenvalue weighted by Gasteiger charge is 2.15. The van der Waals surface area contributed by atoms with Crippen molar-refractivity contribution >= 4 is 0 Å². The highest BCUT2D eigenvalue weighted by molar-refractivity contribution is 5.51. The minimum atomic E-state index is -0.473. The fraction of sp³-hybridized carbons (Fsp3) is 0.333. The fourth-order valence-electron chi connectivity index (χ4n) is 2.28. The molecule has 2 aromatic rings. The summed E-state index contributed by atoms with van der Waals surface area (Å²) >= 11 is 0. The van der Waals surface area contributed by atoms with Gasteiger partial charge in [0.2, 0.25) is 0 Å². The summed E-state index contributed by atoms with van der Waals surface area (Å²) in [5, 5.41) is 9.62. The van der Waals surface area contributed by atoms with Crippen molar-refractivity contribution in [3.8, 4) is 17.2 Å². The van der Waals surface area contributed by atoms with Crippen LogP contribution in [0.25, 0.3) is 0 Å². The summed E-state index contributed by atoms with van der Waals surface area (Å²) < 4.78 is 16.6. The number of aliphatic hydroxyl groups excluding tert-OH is 1. The zero-order valence-electron chi connectivity index (χ0n) is 13.2. The van der Waals surface area contributed by atoms with Crippen molar-refractivity contribution in [2.24, 2.45) is 0 Å². The second-order valence-electron chi connectivity index (χ2n) is 5.13. The molecule has 118 valence electrons. The smallest absolute Gasteiger partial charge is 0.129 e. The van der Waals surface area contributed by atoms with E-state index in [2.05, 4.69) is 0 Å². The van der Waals surface area contributed by atoms with Crippen LogP contribution in [0.3, 0.4) is 0 Å². The molecule has 0 radical (unpaired) electrons. The van der Waals surface area contributed by atoms with Gasteiger partial charge in [-0.1, -0.05) is 30.3 Å². The number of hydrogen-bond acceptors (Lipinski definition) is 4. The zero-order chi connectivity index (χ0) is 15.9. The fourth-order valence-corrected chi connectivity index (χ4v) is 2.28. The van der Waals surface area contributed by atoms with Crippen LogP contribution in [0.4, 0.5) is 0 Å². The Bertz CT molecular complexity index is 568. The van der Waals surface area contributed by atoms with E-state index in [-0.39, 0.29) is 0 Å². The molecule has 4 heteroatoms. The summed E-state index contributed by atoms with van der Waals surface area (Å²) in [6.07, 6.45) is -0.00965. The van der Waals surface area contributed by atoms with Crippen molar-refractivity contribution in [2.75, 3.05) is 14.2 Å². The van der Waals surface area contributed by atoms with Crippen LogP contribution in [0.1, 0.15) is 18.1 Å². The van der Waals surface area contributed by atoms with Crippen LogP contribution in [0.5, 0.6) is 17.2 Å². The van der Waals surface area contributed by atoms with Gasteiger partial charge in [0.1, 0.15) is 23.9 Å². The van der Waals surface area contributed by atoms with E-state index in [4.69, 9.17) is 14.2 Å². The lowest BCUT2D eigenvalue weighted by Crippen LogP contribution is -2.08. The van der Waals surface area contributed by atoms with Crippen molar-refractivity contribution in [3.63, 3.8) is 0 Å². The molecule has 0 bridgehead atoms. The van der Waals surface area contributed by atoms with Crippen molar-refractivity contribution in [3.05, 3.63) is 53.6 Å². The van der Waals surface area contributed by atoms with Crippen LogP contribution < -0.4 is 14.2 Å². The van der Waals surface area contributed by atoms with Crippen LogP contribution >= 0.6 is 0 Å². The first-order chi connectivity index (χ1) is 10.6. The van der Waals surface area contributed by atoms with Gasteiger partial charge in [-0.15, -0.1) is 0 Å². The van der Waals surface area contributed by atoms with Crippen LogP contribution in [0, 0.1) is 0 Å². The van der Waals surface area contributed by atoms with Crippen molar-refractivity contribution < 1.29 is 19.3 Å². The molecule has 0 spiro atoms. The van der Waals surface area contributed by atoms with E-state index in [1.165, 1.54) is 0 Å². The third kappa shape index (κ3) is 4.15. The molecule has 0 heterocycles. The van der Waals surface area contributed by atoms with Gasteiger partial charge in [0.05, 0.1) is 20.3 Å². The predicted octanol–water partition coefficient (Wildman–Crippen LogP) is 3.21. The van der Waals surface area contributed by atoms with Crippen LogP contribution in [0.15, 0.2) is 42.5 Å². The summed E-state index contributed by atoms with van der Waals surface area (Å²) in [6.45, 7) is 2.21. The van der Waals surface area contributed by atoms with E-state index >= 15 is 0 Å². The predicted molar refractivity (Wildman–Crippen MR) is 85.7 cm³/mol. The van der Waals surface area contributed by atoms with Crippen LogP contribution in [-0.2, 0) is 13.0 Å². The number of aliphatic hydroxyl groups is 1. The monoisotopic (exact) mass is 302 g/mol. The van der Waals surface area contributed by atoms with Crippen molar-refractivity contribution in [1.29, 1.82) is 0 Å². The first-order valence-electron chi connectivity index (χ1n) is 7.23. The SMILES string of the molecule is COc1cc(OCc2ccccc2)cc(OC)c1CC(C)O. The largest absolute Gasteiger partial charge is 0.496 e.